The molecule has 0 aromatic carbocycles. The Hall–Kier alpha value is -2.48. The third-order valence-corrected chi connectivity index (χ3v) is 3.30. The number of amides is 1. The first kappa shape index (κ1) is 14.5. The number of ether oxygens (including phenoxy) is 1. The highest BCUT2D eigenvalue weighted by Gasteiger charge is 2.17. The molecule has 1 atom stereocenters. The quantitative estimate of drug-likeness (QED) is 0.861. The number of hydrogen-bond acceptors (Lipinski definition) is 7. The molecule has 116 valence electrons. The first-order chi connectivity index (χ1) is 10.7. The second-order valence-electron chi connectivity index (χ2n) is 5.08. The van der Waals surface area contributed by atoms with E-state index < -0.39 is 0 Å². The van der Waals surface area contributed by atoms with Crippen LogP contribution in [0.2, 0.25) is 0 Å². The van der Waals surface area contributed by atoms with Crippen LogP contribution < -0.4 is 10.6 Å². The molecule has 1 aliphatic rings. The van der Waals surface area contributed by atoms with Crippen molar-refractivity contribution >= 4 is 17.5 Å². The lowest BCUT2D eigenvalue weighted by Crippen LogP contribution is -2.32. The molecule has 0 bridgehead atoms. The van der Waals surface area contributed by atoms with Crippen molar-refractivity contribution in [2.45, 2.75) is 25.9 Å². The lowest BCUT2D eigenvalue weighted by Gasteiger charge is -2.10. The van der Waals surface area contributed by atoms with Gasteiger partial charge in [-0.3, -0.25) is 4.79 Å². The molecule has 22 heavy (non-hydrogen) atoms. The fourth-order valence-corrected chi connectivity index (χ4v) is 2.21. The number of nitrogens with zero attached hydrogens (tertiary/aromatic N) is 3. The molecule has 2 N–H and O–H groups in total. The number of aromatic nitrogens is 3. The van der Waals surface area contributed by atoms with Gasteiger partial charge in [0.05, 0.1) is 6.10 Å². The summed E-state index contributed by atoms with van der Waals surface area (Å²) in [6.07, 6.45) is 3.44. The Morgan fingerprint density at radius 1 is 1.36 bits per heavy atom. The van der Waals surface area contributed by atoms with Gasteiger partial charge in [-0.1, -0.05) is 5.16 Å². The maximum Gasteiger partial charge on any atom is 0.270 e. The Morgan fingerprint density at radius 3 is 3.00 bits per heavy atom. The van der Waals surface area contributed by atoms with Crippen molar-refractivity contribution in [1.29, 1.82) is 0 Å². The SMILES string of the molecule is Cc1cc(Nc2cc(C(=O)NCC3CCCO3)ncn2)no1. The third-order valence-electron chi connectivity index (χ3n) is 3.30. The van der Waals surface area contributed by atoms with Crippen LogP contribution in [0.1, 0.15) is 29.1 Å². The Bertz CT molecular complexity index is 651. The first-order valence-electron chi connectivity index (χ1n) is 7.13. The van der Waals surface area contributed by atoms with E-state index >= 15 is 0 Å². The molecule has 8 heteroatoms. The number of aryl methyl sites for hydroxylation is 1. The Kier molecular flexibility index (Phi) is 4.29. The topological polar surface area (TPSA) is 102 Å². The van der Waals surface area contributed by atoms with E-state index in [1.54, 1.807) is 19.1 Å². The van der Waals surface area contributed by atoms with Crippen LogP contribution >= 0.6 is 0 Å². The molecule has 1 saturated heterocycles. The van der Waals surface area contributed by atoms with Crippen molar-refractivity contribution in [2.24, 2.45) is 0 Å². The molecule has 3 heterocycles. The van der Waals surface area contributed by atoms with Crippen LogP contribution in [-0.2, 0) is 4.74 Å². The van der Waals surface area contributed by atoms with Crippen LogP contribution in [0.4, 0.5) is 11.6 Å². The summed E-state index contributed by atoms with van der Waals surface area (Å²) in [5.41, 5.74) is 0.288. The van der Waals surface area contributed by atoms with Crippen molar-refractivity contribution < 1.29 is 14.1 Å². The van der Waals surface area contributed by atoms with Crippen LogP contribution in [0.5, 0.6) is 0 Å². The lowest BCUT2D eigenvalue weighted by molar-refractivity contribution is 0.0853. The molecule has 0 aliphatic carbocycles. The van der Waals surface area contributed by atoms with Gasteiger partial charge in [-0.15, -0.1) is 0 Å². The zero-order valence-electron chi connectivity index (χ0n) is 12.2. The molecule has 0 spiro atoms. The minimum atomic E-state index is -0.253. The van der Waals surface area contributed by atoms with Crippen molar-refractivity contribution in [1.82, 2.24) is 20.4 Å². The summed E-state index contributed by atoms with van der Waals surface area (Å²) in [5.74, 6) is 1.44. The van der Waals surface area contributed by atoms with Crippen LogP contribution in [-0.4, -0.2) is 40.3 Å². The Balaban J connectivity index is 1.61. The van der Waals surface area contributed by atoms with Crippen LogP contribution in [0.3, 0.4) is 0 Å². The maximum atomic E-state index is 12.1. The normalized spacial score (nSPS) is 17.4. The van der Waals surface area contributed by atoms with E-state index in [-0.39, 0.29) is 17.7 Å². The van der Waals surface area contributed by atoms with Gasteiger partial charge in [-0.05, 0) is 19.8 Å². The van der Waals surface area contributed by atoms with Gasteiger partial charge in [-0.2, -0.15) is 0 Å². The van der Waals surface area contributed by atoms with E-state index in [1.165, 1.54) is 6.33 Å². The average Bonchev–Trinajstić information content (AvgIpc) is 3.17. The van der Waals surface area contributed by atoms with Crippen LogP contribution in [0.25, 0.3) is 0 Å². The number of carbonyl (C=O) groups is 1. The molecular formula is C14H17N5O3. The number of anilines is 2. The number of rotatable bonds is 5. The van der Waals surface area contributed by atoms with Crippen LogP contribution in [0, 0.1) is 6.92 Å². The minimum absolute atomic E-state index is 0.0986. The fourth-order valence-electron chi connectivity index (χ4n) is 2.21. The number of nitrogens with one attached hydrogen (secondary N) is 2. The van der Waals surface area contributed by atoms with Crippen molar-refractivity contribution in [3.8, 4) is 0 Å². The molecule has 1 amide bonds. The highest BCUT2D eigenvalue weighted by Crippen LogP contribution is 2.14. The second-order valence-corrected chi connectivity index (χ2v) is 5.08. The highest BCUT2D eigenvalue weighted by atomic mass is 16.5. The van der Waals surface area contributed by atoms with E-state index in [1.807, 2.05) is 0 Å². The van der Waals surface area contributed by atoms with E-state index in [4.69, 9.17) is 9.26 Å². The molecule has 3 rings (SSSR count). The van der Waals surface area contributed by atoms with Gasteiger partial charge in [0.1, 0.15) is 23.6 Å². The summed E-state index contributed by atoms with van der Waals surface area (Å²) in [6.45, 7) is 3.05. The zero-order valence-corrected chi connectivity index (χ0v) is 12.2. The number of carbonyl (C=O) groups excluding carboxylic acids is 1. The van der Waals surface area contributed by atoms with Gasteiger partial charge < -0.3 is 19.9 Å². The zero-order chi connectivity index (χ0) is 15.4. The van der Waals surface area contributed by atoms with Gasteiger partial charge in [-0.25, -0.2) is 9.97 Å². The molecule has 8 nitrogen and oxygen atoms in total. The Morgan fingerprint density at radius 2 is 2.27 bits per heavy atom. The highest BCUT2D eigenvalue weighted by molar-refractivity contribution is 5.92. The molecule has 0 radical (unpaired) electrons. The van der Waals surface area contributed by atoms with E-state index in [2.05, 4.69) is 25.8 Å². The van der Waals surface area contributed by atoms with Crippen molar-refractivity contribution in [2.75, 3.05) is 18.5 Å². The van der Waals surface area contributed by atoms with Gasteiger partial charge >= 0.3 is 0 Å². The molecule has 2 aromatic rings. The molecular weight excluding hydrogens is 286 g/mol. The van der Waals surface area contributed by atoms with E-state index in [0.29, 0.717) is 23.9 Å². The molecule has 0 saturated carbocycles. The minimum Gasteiger partial charge on any atom is -0.376 e. The summed E-state index contributed by atoms with van der Waals surface area (Å²) in [7, 11) is 0. The summed E-state index contributed by atoms with van der Waals surface area (Å²) < 4.78 is 10.4. The molecule has 1 unspecified atom stereocenters. The summed E-state index contributed by atoms with van der Waals surface area (Å²) in [6, 6.07) is 3.30. The second kappa shape index (κ2) is 6.52. The van der Waals surface area contributed by atoms with Crippen LogP contribution in [0.15, 0.2) is 23.0 Å². The Labute approximate surface area is 127 Å². The third kappa shape index (κ3) is 3.59. The summed E-state index contributed by atoms with van der Waals surface area (Å²) in [5, 5.41) is 9.59. The molecule has 1 fully saturated rings. The standard InChI is InChI=1S/C14H17N5O3/c1-9-5-13(19-22-9)18-12-6-11(16-8-17-12)14(20)15-7-10-3-2-4-21-10/h5-6,8,10H,2-4,7H2,1H3,(H,15,20)(H,16,17,18,19). The summed E-state index contributed by atoms with van der Waals surface area (Å²) >= 11 is 0. The average molecular weight is 303 g/mol. The predicted octanol–water partition coefficient (Wildman–Crippen LogP) is 1.43. The van der Waals surface area contributed by atoms with Gasteiger partial charge in [0.15, 0.2) is 5.82 Å². The predicted molar refractivity (Wildman–Crippen MR) is 77.9 cm³/mol. The van der Waals surface area contributed by atoms with E-state index in [0.717, 1.165) is 19.4 Å². The summed E-state index contributed by atoms with van der Waals surface area (Å²) in [4.78, 5) is 20.1. The van der Waals surface area contributed by atoms with Gasteiger partial charge in [0.25, 0.3) is 5.91 Å². The number of hydrogen-bond donors (Lipinski definition) is 2. The molecule has 1 aliphatic heterocycles. The smallest absolute Gasteiger partial charge is 0.270 e. The largest absolute Gasteiger partial charge is 0.376 e. The van der Waals surface area contributed by atoms with Gasteiger partial charge in [0, 0.05) is 25.3 Å². The lowest BCUT2D eigenvalue weighted by atomic mass is 10.2. The first-order valence-corrected chi connectivity index (χ1v) is 7.13. The van der Waals surface area contributed by atoms with Gasteiger partial charge in [0.2, 0.25) is 0 Å². The van der Waals surface area contributed by atoms with Crippen molar-refractivity contribution in [3.63, 3.8) is 0 Å². The fraction of sp³-hybridized carbons (Fsp3) is 0.429. The maximum absolute atomic E-state index is 12.1. The molecule has 2 aromatic heterocycles. The van der Waals surface area contributed by atoms with Crippen molar-refractivity contribution in [3.05, 3.63) is 29.9 Å². The monoisotopic (exact) mass is 303 g/mol. The van der Waals surface area contributed by atoms with E-state index in [9.17, 15) is 4.79 Å².